The van der Waals surface area contributed by atoms with Crippen LogP contribution in [0.2, 0.25) is 5.02 Å². The third-order valence-electron chi connectivity index (χ3n) is 5.22. The summed E-state index contributed by atoms with van der Waals surface area (Å²) in [4.78, 5) is 25.7. The summed E-state index contributed by atoms with van der Waals surface area (Å²) in [6.07, 6.45) is 3.42. The predicted molar refractivity (Wildman–Crippen MR) is 138 cm³/mol. The number of nitrogens with zero attached hydrogens (tertiary/aromatic N) is 3. The number of hydrogen-bond donors (Lipinski definition) is 2. The van der Waals surface area contributed by atoms with Crippen molar-refractivity contribution in [3.63, 3.8) is 0 Å². The highest BCUT2D eigenvalue weighted by Crippen LogP contribution is 2.30. The Kier molecular flexibility index (Phi) is 6.42. The van der Waals surface area contributed by atoms with Crippen LogP contribution in [0.25, 0.3) is 22.3 Å². The summed E-state index contributed by atoms with van der Waals surface area (Å²) in [7, 11) is 0. The molecule has 0 spiro atoms. The lowest BCUT2D eigenvalue weighted by Gasteiger charge is -2.11. The van der Waals surface area contributed by atoms with E-state index >= 15 is 0 Å². The maximum atomic E-state index is 14.5. The van der Waals surface area contributed by atoms with Crippen molar-refractivity contribution in [1.29, 1.82) is 0 Å². The van der Waals surface area contributed by atoms with Crippen molar-refractivity contribution < 1.29 is 13.9 Å². The Morgan fingerprint density at radius 3 is 2.50 bits per heavy atom. The van der Waals surface area contributed by atoms with Crippen molar-refractivity contribution in [2.45, 2.75) is 6.92 Å². The van der Waals surface area contributed by atoms with Gasteiger partial charge in [0.1, 0.15) is 5.75 Å². The molecule has 0 bridgehead atoms. The van der Waals surface area contributed by atoms with Crippen molar-refractivity contribution >= 4 is 40.0 Å². The molecule has 7 nitrogen and oxygen atoms in total. The van der Waals surface area contributed by atoms with Gasteiger partial charge in [0.15, 0.2) is 11.6 Å². The first kappa shape index (κ1) is 23.2. The van der Waals surface area contributed by atoms with E-state index in [0.717, 1.165) is 11.3 Å². The van der Waals surface area contributed by atoms with Gasteiger partial charge in [-0.1, -0.05) is 17.7 Å². The van der Waals surface area contributed by atoms with E-state index in [1.807, 2.05) is 19.1 Å². The smallest absolute Gasteiger partial charge is 0.323 e. The number of carbonyl (C=O) groups is 1. The minimum absolute atomic E-state index is 0.0539. The zero-order valence-corrected chi connectivity index (χ0v) is 19.8. The molecule has 0 saturated heterocycles. The Hall–Kier alpha value is -4.56. The molecule has 2 aromatic heterocycles. The van der Waals surface area contributed by atoms with Gasteiger partial charge in [-0.3, -0.25) is 9.97 Å². The van der Waals surface area contributed by atoms with Crippen molar-refractivity contribution in [2.75, 3.05) is 10.6 Å². The van der Waals surface area contributed by atoms with Gasteiger partial charge in [0.25, 0.3) is 0 Å². The van der Waals surface area contributed by atoms with Gasteiger partial charge < -0.3 is 15.4 Å². The zero-order valence-electron chi connectivity index (χ0n) is 19.0. The van der Waals surface area contributed by atoms with Crippen LogP contribution >= 0.6 is 11.6 Å². The summed E-state index contributed by atoms with van der Waals surface area (Å²) in [6.45, 7) is 1.91. The standard InChI is InChI=1S/C27H19ClFN5O2/c1-16-5-6-17(14-30-16)25-15-31-23-10-8-21(13-24(23)34-25)36-26-12-20(7-9-22(26)29)33-27(35)32-19-4-2-3-18(28)11-19/h2-15H,1H3,(H2,32,33,35). The molecule has 2 amide bonds. The SMILES string of the molecule is Cc1ccc(-c2cnc3ccc(Oc4cc(NC(=O)Nc5cccc(Cl)c5)ccc4F)cc3n2)cn1. The topological polar surface area (TPSA) is 89.0 Å². The van der Waals surface area contributed by atoms with Gasteiger partial charge >= 0.3 is 6.03 Å². The molecular weight excluding hydrogens is 481 g/mol. The number of urea groups is 1. The second kappa shape index (κ2) is 9.97. The van der Waals surface area contributed by atoms with Crippen LogP contribution in [0, 0.1) is 12.7 Å². The summed E-state index contributed by atoms with van der Waals surface area (Å²) in [5.74, 6) is -0.265. The number of anilines is 2. The second-order valence-electron chi connectivity index (χ2n) is 7.93. The highest BCUT2D eigenvalue weighted by molar-refractivity contribution is 6.30. The van der Waals surface area contributed by atoms with Crippen LogP contribution in [0.1, 0.15) is 5.69 Å². The van der Waals surface area contributed by atoms with E-state index < -0.39 is 11.8 Å². The zero-order chi connectivity index (χ0) is 25.1. The number of carbonyl (C=O) groups excluding carboxylic acids is 1. The number of fused-ring (bicyclic) bond motifs is 1. The van der Waals surface area contributed by atoms with Crippen LogP contribution in [0.3, 0.4) is 0 Å². The summed E-state index contributed by atoms with van der Waals surface area (Å²) in [6, 6.07) is 19.2. The first-order valence-corrected chi connectivity index (χ1v) is 11.3. The largest absolute Gasteiger partial charge is 0.454 e. The van der Waals surface area contributed by atoms with E-state index in [1.165, 1.54) is 18.2 Å². The van der Waals surface area contributed by atoms with Crippen LogP contribution in [0.4, 0.5) is 20.6 Å². The molecule has 2 N–H and O–H groups in total. The van der Waals surface area contributed by atoms with Crippen LogP contribution in [-0.2, 0) is 0 Å². The van der Waals surface area contributed by atoms with E-state index in [2.05, 4.69) is 25.6 Å². The number of halogens is 2. The number of nitrogens with one attached hydrogen (secondary N) is 2. The monoisotopic (exact) mass is 499 g/mol. The molecule has 9 heteroatoms. The Bertz CT molecular complexity index is 1580. The van der Waals surface area contributed by atoms with Crippen molar-refractivity contribution in [2.24, 2.45) is 0 Å². The summed E-state index contributed by atoms with van der Waals surface area (Å²) in [5.41, 5.74) is 4.53. The average molecular weight is 500 g/mol. The minimum Gasteiger partial charge on any atom is -0.454 e. The van der Waals surface area contributed by atoms with Crippen LogP contribution in [0.5, 0.6) is 11.5 Å². The molecule has 0 radical (unpaired) electrons. The number of aromatic nitrogens is 3. The van der Waals surface area contributed by atoms with E-state index in [1.54, 1.807) is 54.9 Å². The lowest BCUT2D eigenvalue weighted by molar-refractivity contribution is 0.262. The fourth-order valence-corrected chi connectivity index (χ4v) is 3.65. The molecule has 0 saturated carbocycles. The molecule has 0 fully saturated rings. The molecule has 178 valence electrons. The van der Waals surface area contributed by atoms with E-state index in [9.17, 15) is 9.18 Å². The van der Waals surface area contributed by atoms with E-state index in [0.29, 0.717) is 38.9 Å². The van der Waals surface area contributed by atoms with Gasteiger partial charge in [0, 0.05) is 46.0 Å². The Morgan fingerprint density at radius 1 is 0.889 bits per heavy atom. The van der Waals surface area contributed by atoms with E-state index in [-0.39, 0.29) is 5.75 Å². The van der Waals surface area contributed by atoms with Gasteiger partial charge in [-0.25, -0.2) is 14.2 Å². The molecule has 36 heavy (non-hydrogen) atoms. The predicted octanol–water partition coefficient (Wildman–Crippen LogP) is 7.23. The quantitative estimate of drug-likeness (QED) is 0.266. The van der Waals surface area contributed by atoms with Crippen LogP contribution in [-0.4, -0.2) is 21.0 Å². The maximum absolute atomic E-state index is 14.5. The third-order valence-corrected chi connectivity index (χ3v) is 5.46. The molecule has 2 heterocycles. The number of pyridine rings is 1. The highest BCUT2D eigenvalue weighted by Gasteiger charge is 2.11. The number of benzene rings is 3. The molecule has 0 aliphatic heterocycles. The molecule has 0 atom stereocenters. The van der Waals surface area contributed by atoms with Crippen molar-refractivity contribution in [3.8, 4) is 22.8 Å². The summed E-state index contributed by atoms with van der Waals surface area (Å²) < 4.78 is 20.3. The van der Waals surface area contributed by atoms with Gasteiger partial charge in [0.2, 0.25) is 0 Å². The molecule has 5 rings (SSSR count). The average Bonchev–Trinajstić information content (AvgIpc) is 2.86. The van der Waals surface area contributed by atoms with Crippen LogP contribution < -0.4 is 15.4 Å². The molecular formula is C27H19ClFN5O2. The van der Waals surface area contributed by atoms with Gasteiger partial charge in [-0.2, -0.15) is 0 Å². The lowest BCUT2D eigenvalue weighted by atomic mass is 10.2. The first-order chi connectivity index (χ1) is 17.4. The number of rotatable bonds is 5. The fourth-order valence-electron chi connectivity index (χ4n) is 3.46. The number of ether oxygens (including phenoxy) is 1. The molecule has 0 aliphatic carbocycles. The Labute approximate surface area is 211 Å². The first-order valence-electron chi connectivity index (χ1n) is 10.9. The molecule has 0 unspecified atom stereocenters. The van der Waals surface area contributed by atoms with Crippen molar-refractivity contribution in [3.05, 3.63) is 102 Å². The molecule has 0 aliphatic rings. The normalized spacial score (nSPS) is 10.8. The summed E-state index contributed by atoms with van der Waals surface area (Å²) >= 11 is 5.94. The van der Waals surface area contributed by atoms with E-state index in [4.69, 9.17) is 16.3 Å². The lowest BCUT2D eigenvalue weighted by Crippen LogP contribution is -2.19. The van der Waals surface area contributed by atoms with Gasteiger partial charge in [-0.05, 0) is 61.5 Å². The molecule has 5 aromatic rings. The maximum Gasteiger partial charge on any atom is 0.323 e. The second-order valence-corrected chi connectivity index (χ2v) is 8.37. The minimum atomic E-state index is -0.582. The van der Waals surface area contributed by atoms with Gasteiger partial charge in [-0.15, -0.1) is 0 Å². The highest BCUT2D eigenvalue weighted by atomic mass is 35.5. The third kappa shape index (κ3) is 5.39. The van der Waals surface area contributed by atoms with Gasteiger partial charge in [0.05, 0.1) is 22.9 Å². The van der Waals surface area contributed by atoms with Crippen LogP contribution in [0.15, 0.2) is 85.2 Å². The number of aryl methyl sites for hydroxylation is 1. The Morgan fingerprint density at radius 2 is 1.72 bits per heavy atom. The summed E-state index contributed by atoms with van der Waals surface area (Å²) in [5, 5.41) is 5.82. The van der Waals surface area contributed by atoms with Crippen molar-refractivity contribution in [1.82, 2.24) is 15.0 Å². The fraction of sp³-hybridized carbons (Fsp3) is 0.0370. The Balaban J connectivity index is 1.35. The number of amides is 2. The number of hydrogen-bond acceptors (Lipinski definition) is 5. The molecule has 3 aromatic carbocycles.